The number of benzene rings is 1. The Bertz CT molecular complexity index is 409. The zero-order valence-corrected chi connectivity index (χ0v) is 13.0. The van der Waals surface area contributed by atoms with Crippen molar-refractivity contribution in [2.75, 3.05) is 46.6 Å². The Morgan fingerprint density at radius 2 is 2.10 bits per heavy atom. The highest BCUT2D eigenvalue weighted by molar-refractivity contribution is 5.39. The molecule has 1 aromatic rings. The summed E-state index contributed by atoms with van der Waals surface area (Å²) in [5, 5.41) is 3.49. The molecule has 0 unspecified atom stereocenters. The first-order chi connectivity index (χ1) is 10.4. The van der Waals surface area contributed by atoms with E-state index < -0.39 is 0 Å². The molecule has 0 saturated heterocycles. The molecule has 1 aliphatic rings. The summed E-state index contributed by atoms with van der Waals surface area (Å²) in [7, 11) is 1.70. The number of ether oxygens (including phenoxy) is 3. The van der Waals surface area contributed by atoms with Gasteiger partial charge in [0.2, 0.25) is 0 Å². The molecule has 0 fully saturated rings. The van der Waals surface area contributed by atoms with Gasteiger partial charge in [-0.15, -0.1) is 0 Å². The molecule has 0 saturated carbocycles. The van der Waals surface area contributed by atoms with Crippen LogP contribution in [0, 0.1) is 0 Å². The highest BCUT2D eigenvalue weighted by atomic mass is 16.5. The summed E-state index contributed by atoms with van der Waals surface area (Å²) in [5.74, 6) is 1.07. The van der Waals surface area contributed by atoms with Crippen molar-refractivity contribution in [1.82, 2.24) is 5.32 Å². The Morgan fingerprint density at radius 3 is 3.00 bits per heavy atom. The minimum atomic E-state index is 0.685. The van der Waals surface area contributed by atoms with Gasteiger partial charge >= 0.3 is 0 Å². The van der Waals surface area contributed by atoms with E-state index in [0.717, 1.165) is 57.7 Å². The van der Waals surface area contributed by atoms with Crippen LogP contribution in [0.25, 0.3) is 0 Å². The standard InChI is InChI=1S/C17H27NO3/c1-19-12-13-20-10-3-2-8-18-9-6-15-4-5-17-16(14-15)7-11-21-17/h4-5,14,18H,2-3,6-13H2,1H3. The van der Waals surface area contributed by atoms with Crippen LogP contribution in [0.1, 0.15) is 24.0 Å². The second-order valence-electron chi connectivity index (χ2n) is 5.35. The second kappa shape index (κ2) is 9.77. The number of rotatable bonds is 11. The predicted molar refractivity (Wildman–Crippen MR) is 84.1 cm³/mol. The molecule has 0 radical (unpaired) electrons. The van der Waals surface area contributed by atoms with Gasteiger partial charge in [0.05, 0.1) is 19.8 Å². The molecule has 1 aliphatic heterocycles. The maximum atomic E-state index is 5.52. The summed E-state index contributed by atoms with van der Waals surface area (Å²) >= 11 is 0. The third kappa shape index (κ3) is 6.04. The van der Waals surface area contributed by atoms with Crippen molar-refractivity contribution in [3.8, 4) is 5.75 Å². The van der Waals surface area contributed by atoms with E-state index in [0.29, 0.717) is 13.2 Å². The van der Waals surface area contributed by atoms with E-state index in [1.165, 1.54) is 11.1 Å². The number of unbranched alkanes of at least 4 members (excludes halogenated alkanes) is 1. The highest BCUT2D eigenvalue weighted by Gasteiger charge is 2.11. The molecule has 4 heteroatoms. The molecule has 0 atom stereocenters. The van der Waals surface area contributed by atoms with Gasteiger partial charge in [-0.1, -0.05) is 12.1 Å². The van der Waals surface area contributed by atoms with Gasteiger partial charge in [0.1, 0.15) is 5.75 Å². The molecule has 0 aliphatic carbocycles. The third-order valence-corrected chi connectivity index (χ3v) is 3.67. The van der Waals surface area contributed by atoms with Crippen molar-refractivity contribution in [3.63, 3.8) is 0 Å². The third-order valence-electron chi connectivity index (χ3n) is 3.67. The quantitative estimate of drug-likeness (QED) is 0.635. The molecule has 1 heterocycles. The van der Waals surface area contributed by atoms with E-state index in [2.05, 4.69) is 23.5 Å². The SMILES string of the molecule is COCCOCCCCNCCc1ccc2c(c1)CCO2. The lowest BCUT2D eigenvalue weighted by Crippen LogP contribution is -2.19. The molecule has 2 rings (SSSR count). The lowest BCUT2D eigenvalue weighted by molar-refractivity contribution is 0.0688. The molecule has 1 aromatic carbocycles. The molecule has 118 valence electrons. The van der Waals surface area contributed by atoms with Crippen molar-refractivity contribution in [2.45, 2.75) is 25.7 Å². The molecular weight excluding hydrogens is 266 g/mol. The molecule has 0 spiro atoms. The Labute approximate surface area is 127 Å². The van der Waals surface area contributed by atoms with Crippen molar-refractivity contribution < 1.29 is 14.2 Å². The normalized spacial score (nSPS) is 13.2. The van der Waals surface area contributed by atoms with Crippen LogP contribution in [0.2, 0.25) is 0 Å². The Hall–Kier alpha value is -1.10. The van der Waals surface area contributed by atoms with Crippen LogP contribution in [0.15, 0.2) is 18.2 Å². The van der Waals surface area contributed by atoms with E-state index in [1.54, 1.807) is 7.11 Å². The highest BCUT2D eigenvalue weighted by Crippen LogP contribution is 2.25. The Morgan fingerprint density at radius 1 is 1.14 bits per heavy atom. The molecule has 1 N–H and O–H groups in total. The van der Waals surface area contributed by atoms with Gasteiger partial charge in [0, 0.05) is 20.1 Å². The monoisotopic (exact) mass is 293 g/mol. The van der Waals surface area contributed by atoms with Gasteiger partial charge in [-0.25, -0.2) is 0 Å². The Balaban J connectivity index is 1.47. The largest absolute Gasteiger partial charge is 0.493 e. The van der Waals surface area contributed by atoms with Crippen molar-refractivity contribution in [3.05, 3.63) is 29.3 Å². The maximum absolute atomic E-state index is 5.52. The van der Waals surface area contributed by atoms with Crippen LogP contribution in [0.5, 0.6) is 5.75 Å². The number of fused-ring (bicyclic) bond motifs is 1. The summed E-state index contributed by atoms with van der Waals surface area (Å²) in [4.78, 5) is 0. The van der Waals surface area contributed by atoms with E-state index in [-0.39, 0.29) is 0 Å². The van der Waals surface area contributed by atoms with Crippen LogP contribution in [0.4, 0.5) is 0 Å². The van der Waals surface area contributed by atoms with Gasteiger partial charge in [0.25, 0.3) is 0 Å². The summed E-state index contributed by atoms with van der Waals surface area (Å²) in [6.45, 7) is 5.14. The van der Waals surface area contributed by atoms with Crippen LogP contribution in [-0.2, 0) is 22.3 Å². The van der Waals surface area contributed by atoms with E-state index in [4.69, 9.17) is 14.2 Å². The molecule has 0 bridgehead atoms. The summed E-state index contributed by atoms with van der Waals surface area (Å²) in [5.41, 5.74) is 2.76. The first-order valence-corrected chi connectivity index (χ1v) is 7.92. The first kappa shape index (κ1) is 16.3. The average molecular weight is 293 g/mol. The van der Waals surface area contributed by atoms with Crippen LogP contribution < -0.4 is 10.1 Å². The number of hydrogen-bond donors (Lipinski definition) is 1. The van der Waals surface area contributed by atoms with Gasteiger partial charge in [-0.05, 0) is 49.5 Å². The molecule has 4 nitrogen and oxygen atoms in total. The minimum absolute atomic E-state index is 0.685. The van der Waals surface area contributed by atoms with Crippen molar-refractivity contribution in [1.29, 1.82) is 0 Å². The number of nitrogens with one attached hydrogen (secondary N) is 1. The van der Waals surface area contributed by atoms with Gasteiger partial charge in [-0.2, -0.15) is 0 Å². The predicted octanol–water partition coefficient (Wildman–Crippen LogP) is 2.20. The fourth-order valence-electron chi connectivity index (χ4n) is 2.45. The fraction of sp³-hybridized carbons (Fsp3) is 0.647. The summed E-state index contributed by atoms with van der Waals surface area (Å²) < 4.78 is 15.9. The van der Waals surface area contributed by atoms with Crippen LogP contribution in [0.3, 0.4) is 0 Å². The number of hydrogen-bond acceptors (Lipinski definition) is 4. The average Bonchev–Trinajstić information content (AvgIpc) is 2.97. The lowest BCUT2D eigenvalue weighted by atomic mass is 10.1. The van der Waals surface area contributed by atoms with E-state index in [9.17, 15) is 0 Å². The fourth-order valence-corrected chi connectivity index (χ4v) is 2.45. The Kier molecular flexibility index (Phi) is 7.57. The summed E-state index contributed by atoms with van der Waals surface area (Å²) in [6, 6.07) is 6.57. The molecular formula is C17H27NO3. The summed E-state index contributed by atoms with van der Waals surface area (Å²) in [6.07, 6.45) is 4.40. The minimum Gasteiger partial charge on any atom is -0.493 e. The maximum Gasteiger partial charge on any atom is 0.122 e. The van der Waals surface area contributed by atoms with Gasteiger partial charge in [-0.3, -0.25) is 0 Å². The van der Waals surface area contributed by atoms with Crippen LogP contribution >= 0.6 is 0 Å². The molecule has 0 amide bonds. The zero-order chi connectivity index (χ0) is 14.8. The lowest BCUT2D eigenvalue weighted by Gasteiger charge is -2.07. The van der Waals surface area contributed by atoms with Crippen molar-refractivity contribution >= 4 is 0 Å². The van der Waals surface area contributed by atoms with Crippen molar-refractivity contribution in [2.24, 2.45) is 0 Å². The topological polar surface area (TPSA) is 39.7 Å². The second-order valence-corrected chi connectivity index (χ2v) is 5.35. The zero-order valence-electron chi connectivity index (χ0n) is 13.0. The van der Waals surface area contributed by atoms with Gasteiger partial charge in [0.15, 0.2) is 0 Å². The number of methoxy groups -OCH3 is 1. The van der Waals surface area contributed by atoms with E-state index >= 15 is 0 Å². The molecule has 21 heavy (non-hydrogen) atoms. The first-order valence-electron chi connectivity index (χ1n) is 7.92. The molecule has 0 aromatic heterocycles. The van der Waals surface area contributed by atoms with Gasteiger partial charge < -0.3 is 19.5 Å². The van der Waals surface area contributed by atoms with Crippen LogP contribution in [-0.4, -0.2) is 46.6 Å². The van der Waals surface area contributed by atoms with E-state index in [1.807, 2.05) is 0 Å². The smallest absolute Gasteiger partial charge is 0.122 e.